The van der Waals surface area contributed by atoms with Gasteiger partial charge in [-0.3, -0.25) is 0 Å². The van der Waals surface area contributed by atoms with E-state index in [1.165, 1.54) is 17.5 Å². The molecule has 0 spiro atoms. The Balaban J connectivity index is 1.79. The Morgan fingerprint density at radius 1 is 1.05 bits per heavy atom. The van der Waals surface area contributed by atoms with Crippen molar-refractivity contribution in [1.82, 2.24) is 4.90 Å². The van der Waals surface area contributed by atoms with Gasteiger partial charge < -0.3 is 10.6 Å². The Labute approximate surface area is 129 Å². The van der Waals surface area contributed by atoms with Gasteiger partial charge in [0.05, 0.1) is 0 Å². The highest BCUT2D eigenvalue weighted by Crippen LogP contribution is 2.18. The number of anilines is 1. The normalized spacial score (nSPS) is 10.9. The molecule has 0 aliphatic rings. The third kappa shape index (κ3) is 4.99. The second-order valence-electron chi connectivity index (χ2n) is 5.22. The van der Waals surface area contributed by atoms with Gasteiger partial charge in [0.1, 0.15) is 0 Å². The van der Waals surface area contributed by atoms with E-state index in [0.717, 1.165) is 29.7 Å². The zero-order valence-corrected chi connectivity index (χ0v) is 13.4. The molecule has 2 N–H and O–H groups in total. The molecule has 2 rings (SSSR count). The first kappa shape index (κ1) is 15.1. The fraction of sp³-hybridized carbons (Fsp3) is 0.294. The standard InChI is InChI=1S/C17H21BrN2/c1-20(9-5-8-14-6-3-2-4-7-14)13-15-10-16(18)12-17(19)11-15/h2-4,6-7,10-12H,5,8-9,13,19H2,1H3. The molecule has 0 fully saturated rings. The second-order valence-corrected chi connectivity index (χ2v) is 6.14. The molecule has 0 unspecified atom stereocenters. The highest BCUT2D eigenvalue weighted by Gasteiger charge is 2.03. The molecule has 0 amide bonds. The van der Waals surface area contributed by atoms with Crippen LogP contribution in [0.5, 0.6) is 0 Å². The summed E-state index contributed by atoms with van der Waals surface area (Å²) in [6.07, 6.45) is 2.30. The highest BCUT2D eigenvalue weighted by molar-refractivity contribution is 9.10. The molecular formula is C17H21BrN2. The lowest BCUT2D eigenvalue weighted by Crippen LogP contribution is -2.19. The number of halogens is 1. The van der Waals surface area contributed by atoms with E-state index in [4.69, 9.17) is 5.73 Å². The van der Waals surface area contributed by atoms with Crippen LogP contribution in [0.2, 0.25) is 0 Å². The van der Waals surface area contributed by atoms with E-state index in [9.17, 15) is 0 Å². The van der Waals surface area contributed by atoms with Crippen molar-refractivity contribution in [3.63, 3.8) is 0 Å². The zero-order valence-electron chi connectivity index (χ0n) is 11.8. The molecule has 0 aromatic heterocycles. The van der Waals surface area contributed by atoms with Crippen molar-refractivity contribution in [3.8, 4) is 0 Å². The van der Waals surface area contributed by atoms with Crippen LogP contribution in [-0.2, 0) is 13.0 Å². The first-order valence-corrected chi connectivity index (χ1v) is 7.70. The average molecular weight is 333 g/mol. The maximum Gasteiger partial charge on any atom is 0.0328 e. The summed E-state index contributed by atoms with van der Waals surface area (Å²) in [7, 11) is 2.15. The maximum atomic E-state index is 5.86. The Morgan fingerprint density at radius 2 is 1.80 bits per heavy atom. The van der Waals surface area contributed by atoms with Crippen molar-refractivity contribution in [2.75, 3.05) is 19.3 Å². The lowest BCUT2D eigenvalue weighted by atomic mass is 10.1. The Bertz CT molecular complexity index is 520. The zero-order chi connectivity index (χ0) is 14.4. The van der Waals surface area contributed by atoms with E-state index >= 15 is 0 Å². The molecule has 20 heavy (non-hydrogen) atoms. The molecule has 0 aliphatic carbocycles. The Kier molecular flexibility index (Phi) is 5.62. The number of nitrogens with zero attached hydrogens (tertiary/aromatic N) is 1. The molecule has 0 radical (unpaired) electrons. The first-order chi connectivity index (χ1) is 9.63. The lowest BCUT2D eigenvalue weighted by Gasteiger charge is -2.17. The molecule has 0 atom stereocenters. The molecule has 0 saturated carbocycles. The van der Waals surface area contributed by atoms with Crippen molar-refractivity contribution >= 4 is 21.6 Å². The monoisotopic (exact) mass is 332 g/mol. The molecule has 2 nitrogen and oxygen atoms in total. The Morgan fingerprint density at radius 3 is 2.50 bits per heavy atom. The van der Waals surface area contributed by atoms with Crippen LogP contribution >= 0.6 is 15.9 Å². The van der Waals surface area contributed by atoms with Crippen LogP contribution < -0.4 is 5.73 Å². The van der Waals surface area contributed by atoms with Crippen molar-refractivity contribution in [2.45, 2.75) is 19.4 Å². The smallest absolute Gasteiger partial charge is 0.0328 e. The third-order valence-corrected chi connectivity index (χ3v) is 3.74. The van der Waals surface area contributed by atoms with Gasteiger partial charge in [-0.1, -0.05) is 46.3 Å². The van der Waals surface area contributed by atoms with Gasteiger partial charge in [0, 0.05) is 16.7 Å². The van der Waals surface area contributed by atoms with Crippen LogP contribution in [0.1, 0.15) is 17.5 Å². The van der Waals surface area contributed by atoms with E-state index in [2.05, 4.69) is 64.3 Å². The number of hydrogen-bond acceptors (Lipinski definition) is 2. The summed E-state index contributed by atoms with van der Waals surface area (Å²) in [4.78, 5) is 2.34. The van der Waals surface area contributed by atoms with Crippen LogP contribution in [0.15, 0.2) is 53.0 Å². The minimum absolute atomic E-state index is 0.812. The summed E-state index contributed by atoms with van der Waals surface area (Å²) in [5.74, 6) is 0. The minimum Gasteiger partial charge on any atom is -0.399 e. The van der Waals surface area contributed by atoms with E-state index in [1.54, 1.807) is 0 Å². The lowest BCUT2D eigenvalue weighted by molar-refractivity contribution is 0.322. The van der Waals surface area contributed by atoms with Crippen LogP contribution in [-0.4, -0.2) is 18.5 Å². The summed E-state index contributed by atoms with van der Waals surface area (Å²) < 4.78 is 1.05. The van der Waals surface area contributed by atoms with Gasteiger partial charge in [0.2, 0.25) is 0 Å². The van der Waals surface area contributed by atoms with Crippen LogP contribution in [0.3, 0.4) is 0 Å². The molecule has 2 aromatic rings. The van der Waals surface area contributed by atoms with E-state index in [1.807, 2.05) is 12.1 Å². The van der Waals surface area contributed by atoms with Gasteiger partial charge >= 0.3 is 0 Å². The van der Waals surface area contributed by atoms with Crippen molar-refractivity contribution in [1.29, 1.82) is 0 Å². The van der Waals surface area contributed by atoms with Crippen LogP contribution in [0.4, 0.5) is 5.69 Å². The summed E-state index contributed by atoms with van der Waals surface area (Å²) in [6, 6.07) is 16.7. The van der Waals surface area contributed by atoms with Gasteiger partial charge in [-0.25, -0.2) is 0 Å². The predicted octanol–water partition coefficient (Wildman–Crippen LogP) is 4.10. The molecule has 106 valence electrons. The predicted molar refractivity (Wildman–Crippen MR) is 89.7 cm³/mol. The first-order valence-electron chi connectivity index (χ1n) is 6.91. The van der Waals surface area contributed by atoms with Crippen molar-refractivity contribution < 1.29 is 0 Å². The molecule has 0 saturated heterocycles. The van der Waals surface area contributed by atoms with E-state index < -0.39 is 0 Å². The van der Waals surface area contributed by atoms with Crippen molar-refractivity contribution in [2.24, 2.45) is 0 Å². The maximum absolute atomic E-state index is 5.86. The number of rotatable bonds is 6. The fourth-order valence-electron chi connectivity index (χ4n) is 2.36. The number of hydrogen-bond donors (Lipinski definition) is 1. The largest absolute Gasteiger partial charge is 0.399 e. The van der Waals surface area contributed by atoms with Gasteiger partial charge in [0.15, 0.2) is 0 Å². The van der Waals surface area contributed by atoms with Crippen LogP contribution in [0, 0.1) is 0 Å². The summed E-state index contributed by atoms with van der Waals surface area (Å²) in [5.41, 5.74) is 9.33. The molecular weight excluding hydrogens is 312 g/mol. The average Bonchev–Trinajstić information content (AvgIpc) is 2.38. The summed E-state index contributed by atoms with van der Waals surface area (Å²) in [6.45, 7) is 2.01. The van der Waals surface area contributed by atoms with Gasteiger partial charge in [-0.05, 0) is 55.8 Å². The SMILES string of the molecule is CN(CCCc1ccccc1)Cc1cc(N)cc(Br)c1. The second kappa shape index (κ2) is 7.46. The minimum atomic E-state index is 0.812. The molecule has 3 heteroatoms. The highest BCUT2D eigenvalue weighted by atomic mass is 79.9. The number of benzene rings is 2. The van der Waals surface area contributed by atoms with Gasteiger partial charge in [-0.15, -0.1) is 0 Å². The quantitative estimate of drug-likeness (QED) is 0.807. The number of nitrogen functional groups attached to an aromatic ring is 1. The topological polar surface area (TPSA) is 29.3 Å². The third-order valence-electron chi connectivity index (χ3n) is 3.28. The molecule has 0 heterocycles. The molecule has 2 aromatic carbocycles. The van der Waals surface area contributed by atoms with E-state index in [-0.39, 0.29) is 0 Å². The molecule has 0 bridgehead atoms. The number of nitrogens with two attached hydrogens (primary N) is 1. The summed E-state index contributed by atoms with van der Waals surface area (Å²) >= 11 is 3.49. The van der Waals surface area contributed by atoms with Crippen LogP contribution in [0.25, 0.3) is 0 Å². The van der Waals surface area contributed by atoms with Gasteiger partial charge in [-0.2, -0.15) is 0 Å². The van der Waals surface area contributed by atoms with Crippen molar-refractivity contribution in [3.05, 3.63) is 64.1 Å². The number of aryl methyl sites for hydroxylation is 1. The summed E-state index contributed by atoms with van der Waals surface area (Å²) in [5, 5.41) is 0. The van der Waals surface area contributed by atoms with Gasteiger partial charge in [0.25, 0.3) is 0 Å². The van der Waals surface area contributed by atoms with E-state index in [0.29, 0.717) is 0 Å². The molecule has 0 aliphatic heterocycles. The fourth-order valence-corrected chi connectivity index (χ4v) is 2.91. The Hall–Kier alpha value is -1.32.